The summed E-state index contributed by atoms with van der Waals surface area (Å²) in [5, 5.41) is 16.3. The van der Waals surface area contributed by atoms with Crippen LogP contribution in [0.1, 0.15) is 74.0 Å². The lowest BCUT2D eigenvalue weighted by Crippen LogP contribution is -2.60. The second kappa shape index (κ2) is 17.4. The van der Waals surface area contributed by atoms with Crippen LogP contribution in [0.4, 0.5) is 0 Å². The molecule has 2 aromatic carbocycles. The summed E-state index contributed by atoms with van der Waals surface area (Å²) in [5.74, 6) is -0.592. The smallest absolute Gasteiger partial charge is 0.243 e. The molecule has 3 aromatic rings. The number of fused-ring (bicyclic) bond motifs is 2. The van der Waals surface area contributed by atoms with E-state index in [2.05, 4.69) is 32.7 Å². The van der Waals surface area contributed by atoms with Gasteiger partial charge in [-0.3, -0.25) is 19.2 Å². The highest BCUT2D eigenvalue weighted by atomic mass is 32.1. The van der Waals surface area contributed by atoms with Crippen LogP contribution in [0.15, 0.2) is 42.5 Å². The molecule has 1 aromatic heterocycles. The molecule has 2 saturated heterocycles. The summed E-state index contributed by atoms with van der Waals surface area (Å²) in [7, 11) is 0. The number of piperidine rings is 1. The van der Waals surface area contributed by atoms with Gasteiger partial charge in [0.2, 0.25) is 23.6 Å². The van der Waals surface area contributed by atoms with E-state index in [1.54, 1.807) is 6.92 Å². The number of hydrogen-bond donors (Lipinski definition) is 5. The van der Waals surface area contributed by atoms with Crippen molar-refractivity contribution in [1.29, 1.82) is 0 Å². The van der Waals surface area contributed by atoms with E-state index in [9.17, 15) is 19.2 Å². The van der Waals surface area contributed by atoms with Gasteiger partial charge in [-0.15, -0.1) is 11.3 Å². The van der Waals surface area contributed by atoms with E-state index in [-0.39, 0.29) is 42.5 Å². The normalized spacial score (nSPS) is 19.9. The Balaban J connectivity index is 1.21. The fourth-order valence-electron chi connectivity index (χ4n) is 7.26. The number of aromatic nitrogens is 1. The Labute approximate surface area is 303 Å². The lowest BCUT2D eigenvalue weighted by Gasteiger charge is -2.34. The molecule has 4 atom stereocenters. The SMILES string of the molecule is CCC(=O)N[C@@H](Cc1nc2ccc(C)cc2s1)C(=O)N[C@H](C(=O)N[C@@H](CC1CCNCC1)C(=O)N[C@@H]1CCOc2ccccc21)C1CCOCC1. The Hall–Kier alpha value is -4.07. The van der Waals surface area contributed by atoms with Crippen LogP contribution in [0.2, 0.25) is 0 Å². The molecule has 0 spiro atoms. The molecule has 13 heteroatoms. The van der Waals surface area contributed by atoms with Crippen molar-refractivity contribution in [3.05, 3.63) is 58.6 Å². The van der Waals surface area contributed by atoms with E-state index in [1.807, 2.05) is 43.3 Å². The standard InChI is InChI=1S/C38H50N6O6S/c1-3-33(45)40-30(22-34-41-28-9-8-23(2)20-32(28)51-34)37(47)44-35(25-12-17-49-18-13-25)38(48)43-29(21-24-10-15-39-16-11-24)36(46)42-27-14-19-50-31-7-5-4-6-26(27)31/h4-9,20,24-25,27,29-30,35,39H,3,10-19,21-22H2,1-2H3,(H,40,45)(H,42,46)(H,43,48)(H,44,47)/t27-,29+,30+,35+/m1/s1. The first kappa shape index (κ1) is 36.7. The van der Waals surface area contributed by atoms with Crippen LogP contribution in [0.3, 0.4) is 0 Å². The molecule has 0 bridgehead atoms. The number of amides is 4. The maximum atomic E-state index is 14.4. The monoisotopic (exact) mass is 718 g/mol. The van der Waals surface area contributed by atoms with Crippen molar-refractivity contribution in [2.75, 3.05) is 32.9 Å². The Morgan fingerprint density at radius 3 is 2.47 bits per heavy atom. The molecule has 3 aliphatic rings. The fourth-order valence-corrected chi connectivity index (χ4v) is 8.37. The van der Waals surface area contributed by atoms with Gasteiger partial charge in [0.25, 0.3) is 0 Å². The largest absolute Gasteiger partial charge is 0.493 e. The molecule has 4 heterocycles. The molecule has 51 heavy (non-hydrogen) atoms. The van der Waals surface area contributed by atoms with Gasteiger partial charge in [-0.2, -0.15) is 0 Å². The minimum Gasteiger partial charge on any atom is -0.493 e. The van der Waals surface area contributed by atoms with Crippen molar-refractivity contribution < 1.29 is 28.7 Å². The summed E-state index contributed by atoms with van der Waals surface area (Å²) in [5.41, 5.74) is 2.87. The van der Waals surface area contributed by atoms with Crippen molar-refractivity contribution in [2.24, 2.45) is 11.8 Å². The zero-order valence-electron chi connectivity index (χ0n) is 29.5. The first-order valence-corrected chi connectivity index (χ1v) is 19.2. The molecule has 2 fully saturated rings. The van der Waals surface area contributed by atoms with Gasteiger partial charge in [0.1, 0.15) is 23.9 Å². The average Bonchev–Trinajstić information content (AvgIpc) is 3.55. The summed E-state index contributed by atoms with van der Waals surface area (Å²) >= 11 is 1.49. The molecular formula is C38H50N6O6S. The molecular weight excluding hydrogens is 669 g/mol. The quantitative estimate of drug-likeness (QED) is 0.180. The molecule has 0 saturated carbocycles. The number of ether oxygens (including phenoxy) is 2. The summed E-state index contributed by atoms with van der Waals surface area (Å²) in [6.07, 6.45) is 4.47. The molecule has 5 N–H and O–H groups in total. The van der Waals surface area contributed by atoms with E-state index in [1.165, 1.54) is 11.3 Å². The molecule has 4 amide bonds. The third-order valence-corrected chi connectivity index (χ3v) is 11.2. The lowest BCUT2D eigenvalue weighted by atomic mass is 9.88. The predicted octanol–water partition coefficient (Wildman–Crippen LogP) is 3.47. The minimum atomic E-state index is -0.934. The second-order valence-corrected chi connectivity index (χ2v) is 15.0. The number of rotatable bonds is 13. The highest BCUT2D eigenvalue weighted by molar-refractivity contribution is 7.18. The minimum absolute atomic E-state index is 0.186. The van der Waals surface area contributed by atoms with Crippen molar-refractivity contribution in [2.45, 2.75) is 89.4 Å². The van der Waals surface area contributed by atoms with Crippen LogP contribution in [0, 0.1) is 18.8 Å². The van der Waals surface area contributed by atoms with Crippen LogP contribution in [0.25, 0.3) is 10.2 Å². The summed E-state index contributed by atoms with van der Waals surface area (Å²) in [4.78, 5) is 59.9. The van der Waals surface area contributed by atoms with E-state index in [0.29, 0.717) is 50.5 Å². The average molecular weight is 719 g/mol. The molecule has 0 radical (unpaired) electrons. The number of nitrogens with zero attached hydrogens (tertiary/aromatic N) is 1. The summed E-state index contributed by atoms with van der Waals surface area (Å²) in [6.45, 7) is 6.89. The second-order valence-electron chi connectivity index (χ2n) is 13.9. The van der Waals surface area contributed by atoms with E-state index in [4.69, 9.17) is 14.5 Å². The number of hydrogen-bond acceptors (Lipinski definition) is 9. The third-order valence-electron chi connectivity index (χ3n) is 10.2. The van der Waals surface area contributed by atoms with Crippen molar-refractivity contribution in [3.8, 4) is 5.75 Å². The van der Waals surface area contributed by atoms with Gasteiger partial charge in [-0.25, -0.2) is 4.98 Å². The Morgan fingerprint density at radius 2 is 1.69 bits per heavy atom. The molecule has 3 aliphatic heterocycles. The van der Waals surface area contributed by atoms with E-state index < -0.39 is 29.9 Å². The highest BCUT2D eigenvalue weighted by Gasteiger charge is 2.37. The Kier molecular flexibility index (Phi) is 12.5. The number of para-hydroxylation sites is 1. The summed E-state index contributed by atoms with van der Waals surface area (Å²) < 4.78 is 12.4. The number of aryl methyl sites for hydroxylation is 1. The number of carbonyl (C=O) groups is 4. The molecule has 274 valence electrons. The van der Waals surface area contributed by atoms with Crippen molar-refractivity contribution in [3.63, 3.8) is 0 Å². The Morgan fingerprint density at radius 1 is 0.902 bits per heavy atom. The van der Waals surface area contributed by atoms with Gasteiger partial charge in [0.05, 0.1) is 27.9 Å². The van der Waals surface area contributed by atoms with Crippen LogP contribution in [0.5, 0.6) is 5.75 Å². The fraction of sp³-hybridized carbons (Fsp3) is 0.553. The Bertz CT molecular complexity index is 1690. The van der Waals surface area contributed by atoms with Gasteiger partial charge in [-0.05, 0) is 87.7 Å². The molecule has 0 aliphatic carbocycles. The van der Waals surface area contributed by atoms with Crippen LogP contribution >= 0.6 is 11.3 Å². The third kappa shape index (κ3) is 9.63. The van der Waals surface area contributed by atoms with Crippen LogP contribution < -0.4 is 31.3 Å². The maximum Gasteiger partial charge on any atom is 0.243 e. The zero-order chi connectivity index (χ0) is 35.7. The number of nitrogens with one attached hydrogen (secondary N) is 5. The van der Waals surface area contributed by atoms with Gasteiger partial charge in [0, 0.05) is 38.0 Å². The lowest BCUT2D eigenvalue weighted by molar-refractivity contribution is -0.136. The maximum absolute atomic E-state index is 14.4. The van der Waals surface area contributed by atoms with Gasteiger partial charge < -0.3 is 36.1 Å². The van der Waals surface area contributed by atoms with Crippen LogP contribution in [-0.4, -0.2) is 79.6 Å². The topological polar surface area (TPSA) is 160 Å². The number of benzene rings is 2. The first-order chi connectivity index (χ1) is 24.8. The van der Waals surface area contributed by atoms with Gasteiger partial charge in [-0.1, -0.05) is 31.2 Å². The van der Waals surface area contributed by atoms with Gasteiger partial charge >= 0.3 is 0 Å². The van der Waals surface area contributed by atoms with Crippen LogP contribution in [-0.2, 0) is 30.3 Å². The summed E-state index contributed by atoms with van der Waals surface area (Å²) in [6, 6.07) is 10.8. The number of thiazole rings is 1. The van der Waals surface area contributed by atoms with Crippen molar-refractivity contribution in [1.82, 2.24) is 31.6 Å². The number of carbonyl (C=O) groups excluding carboxylic acids is 4. The predicted molar refractivity (Wildman–Crippen MR) is 195 cm³/mol. The first-order valence-electron chi connectivity index (χ1n) is 18.3. The van der Waals surface area contributed by atoms with E-state index in [0.717, 1.165) is 53.0 Å². The highest BCUT2D eigenvalue weighted by Crippen LogP contribution is 2.32. The zero-order valence-corrected chi connectivity index (χ0v) is 30.3. The van der Waals surface area contributed by atoms with E-state index >= 15 is 0 Å². The molecule has 6 rings (SSSR count). The van der Waals surface area contributed by atoms with Gasteiger partial charge in [0.15, 0.2) is 0 Å². The molecule has 0 unspecified atom stereocenters. The van der Waals surface area contributed by atoms with Crippen molar-refractivity contribution >= 4 is 45.2 Å². The molecule has 12 nitrogen and oxygen atoms in total.